The number of halogens is 4. The SMILES string of the molecule is CC.CC.CN/C(C#N)=C(\C)c1cccc(OCc2cc(C(F)(F)F)ccc2F)c1. The molecule has 0 aliphatic heterocycles. The van der Waals surface area contributed by atoms with Crippen molar-refractivity contribution < 1.29 is 22.3 Å². The maximum Gasteiger partial charge on any atom is 0.416 e. The van der Waals surface area contributed by atoms with Gasteiger partial charge in [0.25, 0.3) is 0 Å². The maximum atomic E-state index is 13.8. The van der Waals surface area contributed by atoms with E-state index < -0.39 is 17.6 Å². The Bertz CT molecular complexity index is 868. The number of nitrogens with one attached hydrogen (secondary N) is 1. The molecular formula is C23H28F4N2O. The molecule has 0 saturated heterocycles. The lowest BCUT2D eigenvalue weighted by atomic mass is 10.1. The fraction of sp³-hybridized carbons (Fsp3) is 0.348. The predicted molar refractivity (Wildman–Crippen MR) is 112 cm³/mol. The van der Waals surface area contributed by atoms with Crippen LogP contribution in [0.5, 0.6) is 5.75 Å². The van der Waals surface area contributed by atoms with Crippen molar-refractivity contribution in [3.63, 3.8) is 0 Å². The first kappa shape index (κ1) is 27.0. The fourth-order valence-corrected chi connectivity index (χ4v) is 2.31. The zero-order valence-corrected chi connectivity index (χ0v) is 18.1. The van der Waals surface area contributed by atoms with Gasteiger partial charge in [0, 0.05) is 12.6 Å². The molecule has 0 aliphatic rings. The van der Waals surface area contributed by atoms with Crippen LogP contribution < -0.4 is 10.1 Å². The van der Waals surface area contributed by atoms with Crippen molar-refractivity contribution in [2.24, 2.45) is 0 Å². The van der Waals surface area contributed by atoms with Gasteiger partial charge in [-0.25, -0.2) is 4.39 Å². The second-order valence-electron chi connectivity index (χ2n) is 5.48. The van der Waals surface area contributed by atoms with E-state index in [2.05, 4.69) is 5.32 Å². The van der Waals surface area contributed by atoms with Crippen LogP contribution in [0.1, 0.15) is 51.3 Å². The molecule has 0 fully saturated rings. The molecule has 0 radical (unpaired) electrons. The first-order valence-electron chi connectivity index (χ1n) is 9.64. The fourth-order valence-electron chi connectivity index (χ4n) is 2.31. The van der Waals surface area contributed by atoms with Crippen LogP contribution in [0.3, 0.4) is 0 Å². The first-order valence-corrected chi connectivity index (χ1v) is 9.64. The minimum absolute atomic E-state index is 0.189. The van der Waals surface area contributed by atoms with Gasteiger partial charge in [-0.2, -0.15) is 18.4 Å². The van der Waals surface area contributed by atoms with E-state index in [0.717, 1.165) is 12.1 Å². The molecule has 0 saturated carbocycles. The Morgan fingerprint density at radius 2 is 1.70 bits per heavy atom. The molecule has 164 valence electrons. The highest BCUT2D eigenvalue weighted by atomic mass is 19.4. The Labute approximate surface area is 176 Å². The van der Waals surface area contributed by atoms with Crippen molar-refractivity contribution in [3.8, 4) is 11.8 Å². The lowest BCUT2D eigenvalue weighted by Crippen LogP contribution is -2.08. The number of alkyl halides is 3. The van der Waals surface area contributed by atoms with E-state index in [9.17, 15) is 17.6 Å². The van der Waals surface area contributed by atoms with Gasteiger partial charge in [0.05, 0.1) is 5.56 Å². The van der Waals surface area contributed by atoms with Crippen molar-refractivity contribution in [2.75, 3.05) is 7.05 Å². The Morgan fingerprint density at radius 1 is 1.07 bits per heavy atom. The third-order valence-electron chi connectivity index (χ3n) is 3.77. The van der Waals surface area contributed by atoms with Gasteiger partial charge in [0.15, 0.2) is 0 Å². The molecule has 2 rings (SSSR count). The van der Waals surface area contributed by atoms with E-state index in [1.807, 2.05) is 33.8 Å². The van der Waals surface area contributed by atoms with Gasteiger partial charge >= 0.3 is 6.18 Å². The summed E-state index contributed by atoms with van der Waals surface area (Å²) in [7, 11) is 1.62. The summed E-state index contributed by atoms with van der Waals surface area (Å²) < 4.78 is 57.5. The zero-order chi connectivity index (χ0) is 23.3. The van der Waals surface area contributed by atoms with Crippen LogP contribution in [-0.2, 0) is 12.8 Å². The molecule has 0 aliphatic carbocycles. The smallest absolute Gasteiger partial charge is 0.416 e. The number of hydrogen-bond donors (Lipinski definition) is 1. The topological polar surface area (TPSA) is 45.0 Å². The summed E-state index contributed by atoms with van der Waals surface area (Å²) in [5, 5.41) is 11.8. The summed E-state index contributed by atoms with van der Waals surface area (Å²) in [5.41, 5.74) is 0.651. The summed E-state index contributed by atoms with van der Waals surface area (Å²) in [5.74, 6) is -0.417. The van der Waals surface area contributed by atoms with E-state index in [4.69, 9.17) is 10.00 Å². The molecule has 2 aromatic rings. The molecule has 7 heteroatoms. The molecule has 30 heavy (non-hydrogen) atoms. The largest absolute Gasteiger partial charge is 0.489 e. The summed E-state index contributed by atoms with van der Waals surface area (Å²) in [6, 6.07) is 10.9. The Kier molecular flexibility index (Phi) is 11.9. The molecule has 0 spiro atoms. The van der Waals surface area contributed by atoms with Gasteiger partial charge in [-0.05, 0) is 48.4 Å². The van der Waals surface area contributed by atoms with Gasteiger partial charge in [-0.3, -0.25) is 0 Å². The quantitative estimate of drug-likeness (QED) is 0.417. The van der Waals surface area contributed by atoms with Crippen molar-refractivity contribution in [1.82, 2.24) is 5.32 Å². The van der Waals surface area contributed by atoms with Crippen LogP contribution in [0, 0.1) is 17.1 Å². The molecule has 1 N–H and O–H groups in total. The predicted octanol–water partition coefficient (Wildman–Crippen LogP) is 6.95. The van der Waals surface area contributed by atoms with Gasteiger partial charge in [0.1, 0.15) is 29.9 Å². The number of rotatable bonds is 5. The Balaban J connectivity index is 0.00000198. The number of ether oxygens (including phenoxy) is 1. The molecule has 3 nitrogen and oxygen atoms in total. The Morgan fingerprint density at radius 3 is 2.23 bits per heavy atom. The highest BCUT2D eigenvalue weighted by Gasteiger charge is 2.31. The first-order chi connectivity index (χ1) is 14.3. The average Bonchev–Trinajstić information content (AvgIpc) is 2.76. The van der Waals surface area contributed by atoms with Crippen molar-refractivity contribution in [2.45, 2.75) is 47.4 Å². The van der Waals surface area contributed by atoms with Gasteiger partial charge < -0.3 is 10.1 Å². The normalized spacial score (nSPS) is 11.0. The van der Waals surface area contributed by atoms with Crippen molar-refractivity contribution in [3.05, 3.63) is 70.7 Å². The van der Waals surface area contributed by atoms with Gasteiger partial charge in [-0.1, -0.05) is 39.8 Å². The number of hydrogen-bond acceptors (Lipinski definition) is 3. The maximum absolute atomic E-state index is 13.8. The monoisotopic (exact) mass is 424 g/mol. The van der Waals surface area contributed by atoms with E-state index in [-0.39, 0.29) is 12.2 Å². The number of nitriles is 1. The van der Waals surface area contributed by atoms with Crippen LogP contribution in [-0.4, -0.2) is 7.05 Å². The van der Waals surface area contributed by atoms with Crippen LogP contribution >= 0.6 is 0 Å². The second-order valence-corrected chi connectivity index (χ2v) is 5.48. The molecule has 0 bridgehead atoms. The minimum atomic E-state index is -4.55. The van der Waals surface area contributed by atoms with E-state index >= 15 is 0 Å². The van der Waals surface area contributed by atoms with Gasteiger partial charge in [0.2, 0.25) is 0 Å². The third kappa shape index (κ3) is 7.78. The van der Waals surface area contributed by atoms with Gasteiger partial charge in [-0.15, -0.1) is 0 Å². The summed E-state index contributed by atoms with van der Waals surface area (Å²) >= 11 is 0. The van der Waals surface area contributed by atoms with E-state index in [1.165, 1.54) is 0 Å². The highest BCUT2D eigenvalue weighted by Crippen LogP contribution is 2.31. The third-order valence-corrected chi connectivity index (χ3v) is 3.77. The Hall–Kier alpha value is -3.01. The molecule has 0 atom stereocenters. The van der Waals surface area contributed by atoms with Crippen LogP contribution in [0.2, 0.25) is 0 Å². The summed E-state index contributed by atoms with van der Waals surface area (Å²) in [6.45, 7) is 9.40. The van der Waals surface area contributed by atoms with Crippen LogP contribution in [0.25, 0.3) is 5.57 Å². The van der Waals surface area contributed by atoms with Crippen LogP contribution in [0.15, 0.2) is 48.2 Å². The molecular weight excluding hydrogens is 396 g/mol. The number of allylic oxidation sites excluding steroid dienone is 2. The lowest BCUT2D eigenvalue weighted by Gasteiger charge is -2.12. The van der Waals surface area contributed by atoms with Crippen LogP contribution in [0.4, 0.5) is 17.6 Å². The standard InChI is InChI=1S/C19H16F4N2O.2C2H6/c1-12(18(10-24)25-2)13-4-3-5-16(9-13)26-11-14-8-15(19(21,22)23)6-7-17(14)20;2*1-2/h3-9,25H,11H2,1-2H3;2*1-2H3/b18-12+;;. The molecule has 0 heterocycles. The molecule has 2 aromatic carbocycles. The highest BCUT2D eigenvalue weighted by molar-refractivity contribution is 5.70. The summed E-state index contributed by atoms with van der Waals surface area (Å²) in [6.07, 6.45) is -4.55. The zero-order valence-electron chi connectivity index (χ0n) is 18.1. The number of benzene rings is 2. The number of nitrogens with zero attached hydrogens (tertiary/aromatic N) is 1. The molecule has 0 amide bonds. The second kappa shape index (κ2) is 13.3. The molecule has 0 unspecified atom stereocenters. The van der Waals surface area contributed by atoms with E-state index in [0.29, 0.717) is 28.6 Å². The minimum Gasteiger partial charge on any atom is -0.489 e. The van der Waals surface area contributed by atoms with Crippen molar-refractivity contribution in [1.29, 1.82) is 5.26 Å². The summed E-state index contributed by atoms with van der Waals surface area (Å²) in [4.78, 5) is 0. The lowest BCUT2D eigenvalue weighted by molar-refractivity contribution is -0.137. The molecule has 0 aromatic heterocycles. The van der Waals surface area contributed by atoms with E-state index in [1.54, 1.807) is 38.2 Å². The average molecular weight is 424 g/mol. The van der Waals surface area contributed by atoms with Crippen molar-refractivity contribution >= 4 is 5.57 Å².